The van der Waals surface area contributed by atoms with Gasteiger partial charge in [0, 0.05) is 56.6 Å². The molecule has 2 saturated carbocycles. The molecule has 1 aromatic carbocycles. The highest BCUT2D eigenvalue weighted by Crippen LogP contribution is 2.52. The lowest BCUT2D eigenvalue weighted by Gasteiger charge is -2.51. The minimum absolute atomic E-state index is 0.0114. The molecule has 0 spiro atoms. The number of halogens is 1. The Kier molecular flexibility index (Phi) is 9.72. The number of carbonyl (C=O) groups excluding carboxylic acids is 1. The predicted molar refractivity (Wildman–Crippen MR) is 167 cm³/mol. The summed E-state index contributed by atoms with van der Waals surface area (Å²) >= 11 is 0. The van der Waals surface area contributed by atoms with Crippen molar-refractivity contribution in [3.63, 3.8) is 0 Å². The largest absolute Gasteiger partial charge is 0.453 e. The van der Waals surface area contributed by atoms with Crippen molar-refractivity contribution in [2.45, 2.75) is 89.1 Å². The van der Waals surface area contributed by atoms with E-state index in [1.165, 1.54) is 65.4 Å². The van der Waals surface area contributed by atoms with Gasteiger partial charge in [0.2, 0.25) is 0 Å². The van der Waals surface area contributed by atoms with Gasteiger partial charge in [-0.15, -0.1) is 0 Å². The molecule has 3 atom stereocenters. The van der Waals surface area contributed by atoms with Gasteiger partial charge in [0.1, 0.15) is 11.6 Å². The number of ether oxygens (including phenoxy) is 1. The quantitative estimate of drug-likeness (QED) is 0.365. The molecule has 0 radical (unpaired) electrons. The van der Waals surface area contributed by atoms with E-state index in [2.05, 4.69) is 36.9 Å². The van der Waals surface area contributed by atoms with Crippen LogP contribution in [0.4, 0.5) is 9.18 Å². The maximum absolute atomic E-state index is 15.0. The third-order valence-corrected chi connectivity index (χ3v) is 11.5. The highest BCUT2D eigenvalue weighted by Gasteiger charge is 2.52. The van der Waals surface area contributed by atoms with E-state index >= 15 is 0 Å². The van der Waals surface area contributed by atoms with Crippen LogP contribution in [0.2, 0.25) is 0 Å². The Bertz CT molecular complexity index is 1200. The minimum atomic E-state index is -0.378. The molecule has 0 unspecified atom stereocenters. The molecule has 2 aliphatic carbocycles. The van der Waals surface area contributed by atoms with Crippen LogP contribution in [-0.2, 0) is 16.7 Å². The summed E-state index contributed by atoms with van der Waals surface area (Å²) in [4.78, 5) is 22.4. The standard InChI is InChI=1S/C35H52FN5O2/c1-26-37-16-19-41(26)25-35(30-10-6-11-31(36)20-30,32-12-7-13-33(32)38-34(42)43-2)29-14-17-39(18-15-29)22-28-23-40(24-28)21-27-8-4-3-5-9-27/h6,10-11,16,19-20,27-29,32-33H,3-5,7-9,12-15,17-18,21-25H2,1-2H3,(H,38,42)/t32-,33-,35-/m0/s1. The number of alkyl carbamates (subject to hydrolysis) is 1. The van der Waals surface area contributed by atoms with E-state index in [0.29, 0.717) is 5.92 Å². The minimum Gasteiger partial charge on any atom is -0.453 e. The van der Waals surface area contributed by atoms with E-state index in [0.717, 1.165) is 75.0 Å². The summed E-state index contributed by atoms with van der Waals surface area (Å²) in [6.45, 7) is 9.95. The van der Waals surface area contributed by atoms with Gasteiger partial charge in [0.05, 0.1) is 7.11 Å². The van der Waals surface area contributed by atoms with Crippen LogP contribution >= 0.6 is 0 Å². The van der Waals surface area contributed by atoms with Gasteiger partial charge in [-0.3, -0.25) is 0 Å². The van der Waals surface area contributed by atoms with E-state index in [4.69, 9.17) is 4.74 Å². The molecule has 1 N–H and O–H groups in total. The molecule has 0 bridgehead atoms. The summed E-state index contributed by atoms with van der Waals surface area (Å²) in [6.07, 6.45) is 15.8. The first-order chi connectivity index (χ1) is 20.9. The van der Waals surface area contributed by atoms with Crippen molar-refractivity contribution in [1.82, 2.24) is 24.7 Å². The number of rotatable bonds is 10. The molecule has 4 aliphatic rings. The summed E-state index contributed by atoms with van der Waals surface area (Å²) in [5, 5.41) is 3.19. The number of hydrogen-bond acceptors (Lipinski definition) is 5. The molecule has 1 amide bonds. The van der Waals surface area contributed by atoms with E-state index in [9.17, 15) is 9.18 Å². The van der Waals surface area contributed by atoms with E-state index in [1.807, 2.05) is 19.2 Å². The fourth-order valence-electron chi connectivity index (χ4n) is 9.35. The summed E-state index contributed by atoms with van der Waals surface area (Å²) < 4.78 is 22.3. The number of likely N-dealkylation sites (tertiary alicyclic amines) is 2. The van der Waals surface area contributed by atoms with Crippen LogP contribution in [0.3, 0.4) is 0 Å². The zero-order valence-electron chi connectivity index (χ0n) is 26.4. The smallest absolute Gasteiger partial charge is 0.407 e. The summed E-state index contributed by atoms with van der Waals surface area (Å²) in [5.41, 5.74) is 0.717. The molecule has 7 nitrogen and oxygen atoms in total. The van der Waals surface area contributed by atoms with Crippen molar-refractivity contribution in [2.75, 3.05) is 46.4 Å². The van der Waals surface area contributed by atoms with E-state index in [-0.39, 0.29) is 29.3 Å². The number of carbonyl (C=O) groups is 1. The first-order valence-electron chi connectivity index (χ1n) is 17.0. The van der Waals surface area contributed by atoms with Crippen molar-refractivity contribution in [2.24, 2.45) is 23.7 Å². The third kappa shape index (κ3) is 6.80. The number of amides is 1. The number of hydrogen-bond donors (Lipinski definition) is 1. The lowest BCUT2D eigenvalue weighted by atomic mass is 9.58. The van der Waals surface area contributed by atoms with Gasteiger partial charge in [-0.1, -0.05) is 37.8 Å². The Morgan fingerprint density at radius 3 is 2.47 bits per heavy atom. The summed E-state index contributed by atoms with van der Waals surface area (Å²) in [5.74, 6) is 3.02. The Labute approximate surface area is 257 Å². The second kappa shape index (κ2) is 13.7. The second-order valence-corrected chi connectivity index (χ2v) is 14.1. The second-order valence-electron chi connectivity index (χ2n) is 14.1. The first-order valence-corrected chi connectivity index (χ1v) is 17.0. The van der Waals surface area contributed by atoms with E-state index in [1.54, 1.807) is 12.1 Å². The number of nitrogens with one attached hydrogen (secondary N) is 1. The van der Waals surface area contributed by atoms with Crippen molar-refractivity contribution in [1.29, 1.82) is 0 Å². The number of aromatic nitrogens is 2. The van der Waals surface area contributed by atoms with Crippen LogP contribution in [0, 0.1) is 36.4 Å². The zero-order valence-corrected chi connectivity index (χ0v) is 26.4. The fourth-order valence-corrected chi connectivity index (χ4v) is 9.35. The number of methoxy groups -OCH3 is 1. The Hall–Kier alpha value is -2.45. The first kappa shape index (κ1) is 30.6. The Balaban J connectivity index is 1.20. The van der Waals surface area contributed by atoms with Crippen molar-refractivity contribution in [3.05, 3.63) is 53.9 Å². The molecule has 2 saturated heterocycles. The Morgan fingerprint density at radius 2 is 1.77 bits per heavy atom. The monoisotopic (exact) mass is 593 g/mol. The van der Waals surface area contributed by atoms with Crippen molar-refractivity contribution < 1.29 is 13.9 Å². The van der Waals surface area contributed by atoms with E-state index < -0.39 is 0 Å². The third-order valence-electron chi connectivity index (χ3n) is 11.5. The van der Waals surface area contributed by atoms with Crippen molar-refractivity contribution >= 4 is 6.09 Å². The van der Waals surface area contributed by atoms with Gasteiger partial charge in [0.15, 0.2) is 0 Å². The van der Waals surface area contributed by atoms with Crippen LogP contribution in [0.5, 0.6) is 0 Å². The lowest BCUT2D eigenvalue weighted by molar-refractivity contribution is 0.0215. The molecule has 2 aliphatic heterocycles. The molecule has 8 heteroatoms. The van der Waals surface area contributed by atoms with Gasteiger partial charge in [0.25, 0.3) is 0 Å². The zero-order chi connectivity index (χ0) is 29.8. The molecular weight excluding hydrogens is 541 g/mol. The highest BCUT2D eigenvalue weighted by molar-refractivity contribution is 5.67. The van der Waals surface area contributed by atoms with Crippen molar-refractivity contribution in [3.8, 4) is 0 Å². The number of imidazole rings is 1. The van der Waals surface area contributed by atoms with Gasteiger partial charge < -0.3 is 24.4 Å². The fraction of sp³-hybridized carbons (Fsp3) is 0.714. The molecule has 236 valence electrons. The number of aryl methyl sites for hydroxylation is 1. The summed E-state index contributed by atoms with van der Waals surface area (Å²) in [7, 11) is 1.43. The molecule has 4 fully saturated rings. The van der Waals surface area contributed by atoms with Gasteiger partial charge in [-0.2, -0.15) is 0 Å². The van der Waals surface area contributed by atoms with Crippen LogP contribution in [0.25, 0.3) is 0 Å². The number of piperidine rings is 1. The SMILES string of the molecule is COC(=O)N[C@H]1CCC[C@@H]1[C@](Cn1ccnc1C)(c1cccc(F)c1)C1CCN(CC2CN(CC3CCCCC3)C2)CC1. The predicted octanol–water partition coefficient (Wildman–Crippen LogP) is 6.02. The number of benzene rings is 1. The molecule has 6 rings (SSSR count). The lowest BCUT2D eigenvalue weighted by Crippen LogP contribution is -2.56. The molecule has 43 heavy (non-hydrogen) atoms. The molecule has 2 aromatic rings. The average Bonchev–Trinajstić information content (AvgIpc) is 3.64. The van der Waals surface area contributed by atoms with Crippen LogP contribution < -0.4 is 5.32 Å². The average molecular weight is 594 g/mol. The molecule has 1 aromatic heterocycles. The summed E-state index contributed by atoms with van der Waals surface area (Å²) in [6, 6.07) is 7.30. The normalized spacial score (nSPS) is 26.2. The molecule has 3 heterocycles. The van der Waals surface area contributed by atoms with Gasteiger partial charge in [-0.05, 0) is 99.9 Å². The highest BCUT2D eigenvalue weighted by atomic mass is 19.1. The Morgan fingerprint density at radius 1 is 1.00 bits per heavy atom. The topological polar surface area (TPSA) is 62.6 Å². The van der Waals surface area contributed by atoms with Gasteiger partial charge in [-0.25, -0.2) is 14.2 Å². The van der Waals surface area contributed by atoms with Gasteiger partial charge >= 0.3 is 6.09 Å². The van der Waals surface area contributed by atoms with Crippen LogP contribution in [-0.4, -0.2) is 77.9 Å². The van der Waals surface area contributed by atoms with Crippen LogP contribution in [0.1, 0.15) is 75.6 Å². The molecular formula is C35H52FN5O2. The maximum atomic E-state index is 15.0. The number of nitrogens with zero attached hydrogens (tertiary/aromatic N) is 4. The van der Waals surface area contributed by atoms with Crippen LogP contribution in [0.15, 0.2) is 36.7 Å². The maximum Gasteiger partial charge on any atom is 0.407 e.